The van der Waals surface area contributed by atoms with E-state index in [1.165, 1.54) is 0 Å². The lowest BCUT2D eigenvalue weighted by atomic mass is 10.2. The molecule has 0 fully saturated rings. The Morgan fingerprint density at radius 3 is 2.40 bits per heavy atom. The summed E-state index contributed by atoms with van der Waals surface area (Å²) >= 11 is 17.6. The Hall–Kier alpha value is -1.69. The summed E-state index contributed by atoms with van der Waals surface area (Å²) in [6.45, 7) is 0. The van der Waals surface area contributed by atoms with E-state index in [-0.39, 0.29) is 16.5 Å². The first-order valence-electron chi connectivity index (χ1n) is 5.51. The predicted octanol–water partition coefficient (Wildman–Crippen LogP) is 4.12. The first kappa shape index (κ1) is 13.3. The smallest absolute Gasteiger partial charge is 0.232 e. The van der Waals surface area contributed by atoms with Crippen LogP contribution in [0.1, 0.15) is 0 Å². The van der Waals surface area contributed by atoms with Gasteiger partial charge in [0.25, 0.3) is 0 Å². The minimum Gasteiger partial charge on any atom is -0.322 e. The van der Waals surface area contributed by atoms with Crippen LogP contribution in [0, 0.1) is 0 Å². The summed E-state index contributed by atoms with van der Waals surface area (Å²) in [6, 6.07) is 7.24. The molecule has 0 saturated carbocycles. The molecule has 1 N–H and O–H groups in total. The van der Waals surface area contributed by atoms with Gasteiger partial charge >= 0.3 is 0 Å². The molecule has 2 aromatic heterocycles. The normalized spacial score (nSPS) is 10.8. The molecule has 0 unspecified atom stereocenters. The molecule has 0 aliphatic carbocycles. The highest BCUT2D eigenvalue weighted by molar-refractivity contribution is 6.35. The standard InChI is InChI=1S/C12H6Cl3N5/c13-7-3-4-8(9-6(7)2-1-5-16-9)17-12-19-10(14)18-11(15)20-12/h1-5H,(H,17,18,19,20). The summed E-state index contributed by atoms with van der Waals surface area (Å²) in [4.78, 5) is 15.9. The molecule has 0 spiro atoms. The Bertz CT molecular complexity index is 773. The van der Waals surface area contributed by atoms with Crippen LogP contribution in [-0.4, -0.2) is 19.9 Å². The van der Waals surface area contributed by atoms with E-state index in [2.05, 4.69) is 25.3 Å². The molecule has 0 bridgehead atoms. The Labute approximate surface area is 129 Å². The number of anilines is 2. The molecule has 0 radical (unpaired) electrons. The van der Waals surface area contributed by atoms with E-state index in [1.54, 1.807) is 18.3 Å². The fourth-order valence-electron chi connectivity index (χ4n) is 1.74. The van der Waals surface area contributed by atoms with Gasteiger partial charge in [0, 0.05) is 11.6 Å². The SMILES string of the molecule is Clc1nc(Cl)nc(Nc2ccc(Cl)c3cccnc23)n1. The van der Waals surface area contributed by atoms with Crippen molar-refractivity contribution in [3.05, 3.63) is 46.1 Å². The number of nitrogens with zero attached hydrogens (tertiary/aromatic N) is 4. The largest absolute Gasteiger partial charge is 0.322 e. The number of hydrogen-bond donors (Lipinski definition) is 1. The van der Waals surface area contributed by atoms with Gasteiger partial charge in [0.15, 0.2) is 0 Å². The highest BCUT2D eigenvalue weighted by Gasteiger charge is 2.08. The zero-order chi connectivity index (χ0) is 14.1. The molecule has 0 aliphatic rings. The third kappa shape index (κ3) is 2.60. The number of pyridine rings is 1. The van der Waals surface area contributed by atoms with E-state index in [0.29, 0.717) is 16.2 Å². The summed E-state index contributed by atoms with van der Waals surface area (Å²) < 4.78 is 0. The van der Waals surface area contributed by atoms with Crippen molar-refractivity contribution in [2.75, 3.05) is 5.32 Å². The van der Waals surface area contributed by atoms with Gasteiger partial charge in [-0.05, 0) is 47.5 Å². The topological polar surface area (TPSA) is 63.6 Å². The van der Waals surface area contributed by atoms with Crippen LogP contribution in [0.15, 0.2) is 30.5 Å². The van der Waals surface area contributed by atoms with Crippen molar-refractivity contribution in [3.8, 4) is 0 Å². The van der Waals surface area contributed by atoms with Crippen LogP contribution in [0.4, 0.5) is 11.6 Å². The van der Waals surface area contributed by atoms with Crippen LogP contribution in [0.5, 0.6) is 0 Å². The van der Waals surface area contributed by atoms with Crippen molar-refractivity contribution in [1.29, 1.82) is 0 Å². The van der Waals surface area contributed by atoms with Crippen molar-refractivity contribution in [2.45, 2.75) is 0 Å². The second-order valence-electron chi connectivity index (χ2n) is 3.82. The molecule has 100 valence electrons. The third-order valence-electron chi connectivity index (χ3n) is 2.54. The van der Waals surface area contributed by atoms with Gasteiger partial charge in [0.1, 0.15) is 0 Å². The maximum atomic E-state index is 6.13. The Kier molecular flexibility index (Phi) is 3.56. The van der Waals surface area contributed by atoms with Gasteiger partial charge < -0.3 is 5.32 Å². The summed E-state index contributed by atoms with van der Waals surface area (Å²) in [5.41, 5.74) is 1.40. The lowest BCUT2D eigenvalue weighted by molar-refractivity contribution is 1.05. The second-order valence-corrected chi connectivity index (χ2v) is 4.90. The summed E-state index contributed by atoms with van der Waals surface area (Å²) in [7, 11) is 0. The summed E-state index contributed by atoms with van der Waals surface area (Å²) in [6.07, 6.45) is 1.68. The van der Waals surface area contributed by atoms with E-state index in [9.17, 15) is 0 Å². The second kappa shape index (κ2) is 5.36. The van der Waals surface area contributed by atoms with Crippen molar-refractivity contribution in [3.63, 3.8) is 0 Å². The highest BCUT2D eigenvalue weighted by Crippen LogP contribution is 2.29. The number of fused-ring (bicyclic) bond motifs is 1. The van der Waals surface area contributed by atoms with Crippen molar-refractivity contribution in [2.24, 2.45) is 0 Å². The van der Waals surface area contributed by atoms with Crippen LogP contribution < -0.4 is 5.32 Å². The zero-order valence-corrected chi connectivity index (χ0v) is 12.1. The molecular weight excluding hydrogens is 321 g/mol. The van der Waals surface area contributed by atoms with Crippen LogP contribution in [0.2, 0.25) is 15.6 Å². The van der Waals surface area contributed by atoms with Gasteiger partial charge in [-0.1, -0.05) is 11.6 Å². The average molecular weight is 327 g/mol. The predicted molar refractivity (Wildman–Crippen MR) is 79.9 cm³/mol. The first-order chi connectivity index (χ1) is 9.63. The van der Waals surface area contributed by atoms with Crippen LogP contribution in [-0.2, 0) is 0 Å². The highest BCUT2D eigenvalue weighted by atomic mass is 35.5. The average Bonchev–Trinajstić information content (AvgIpc) is 2.41. The van der Waals surface area contributed by atoms with Gasteiger partial charge in [-0.25, -0.2) is 0 Å². The Morgan fingerprint density at radius 1 is 0.900 bits per heavy atom. The number of aromatic nitrogens is 4. The zero-order valence-electron chi connectivity index (χ0n) is 9.81. The molecule has 0 amide bonds. The third-order valence-corrected chi connectivity index (χ3v) is 3.21. The number of halogens is 3. The fraction of sp³-hybridized carbons (Fsp3) is 0. The summed E-state index contributed by atoms with van der Waals surface area (Å²) in [5.74, 6) is 0.240. The van der Waals surface area contributed by atoms with Gasteiger partial charge in [-0.15, -0.1) is 0 Å². The minimum absolute atomic E-state index is 0.0127. The number of nitrogens with one attached hydrogen (secondary N) is 1. The molecule has 1 aromatic carbocycles. The molecule has 8 heteroatoms. The van der Waals surface area contributed by atoms with Gasteiger partial charge in [-0.2, -0.15) is 15.0 Å². The maximum Gasteiger partial charge on any atom is 0.232 e. The van der Waals surface area contributed by atoms with Crippen molar-refractivity contribution >= 4 is 57.3 Å². The minimum atomic E-state index is 0.0127. The molecule has 20 heavy (non-hydrogen) atoms. The molecular formula is C12H6Cl3N5. The van der Waals surface area contributed by atoms with E-state index in [1.807, 2.05) is 12.1 Å². The molecule has 5 nitrogen and oxygen atoms in total. The van der Waals surface area contributed by atoms with Gasteiger partial charge in [0.2, 0.25) is 16.5 Å². The molecule has 3 aromatic rings. The monoisotopic (exact) mass is 325 g/mol. The Morgan fingerprint density at radius 2 is 1.65 bits per heavy atom. The number of benzene rings is 1. The van der Waals surface area contributed by atoms with E-state index in [0.717, 1.165) is 5.39 Å². The van der Waals surface area contributed by atoms with Crippen LogP contribution in [0.3, 0.4) is 0 Å². The number of hydrogen-bond acceptors (Lipinski definition) is 5. The molecule has 3 rings (SSSR count). The fourth-order valence-corrected chi connectivity index (χ4v) is 2.32. The van der Waals surface area contributed by atoms with Gasteiger partial charge in [0.05, 0.1) is 16.2 Å². The lowest BCUT2D eigenvalue weighted by Gasteiger charge is -2.08. The summed E-state index contributed by atoms with van der Waals surface area (Å²) in [5, 5.41) is 4.47. The van der Waals surface area contributed by atoms with Gasteiger partial charge in [-0.3, -0.25) is 4.98 Å². The maximum absolute atomic E-state index is 6.13. The molecule has 2 heterocycles. The number of rotatable bonds is 2. The molecule has 0 atom stereocenters. The van der Waals surface area contributed by atoms with Crippen LogP contribution in [0.25, 0.3) is 10.9 Å². The van der Waals surface area contributed by atoms with Crippen molar-refractivity contribution in [1.82, 2.24) is 19.9 Å². The molecule has 0 aliphatic heterocycles. The van der Waals surface area contributed by atoms with E-state index in [4.69, 9.17) is 34.8 Å². The van der Waals surface area contributed by atoms with Crippen molar-refractivity contribution < 1.29 is 0 Å². The quantitative estimate of drug-likeness (QED) is 0.767. The Balaban J connectivity index is 2.09. The first-order valence-corrected chi connectivity index (χ1v) is 6.64. The van der Waals surface area contributed by atoms with E-state index < -0.39 is 0 Å². The molecule has 0 saturated heterocycles. The van der Waals surface area contributed by atoms with E-state index >= 15 is 0 Å². The van der Waals surface area contributed by atoms with Crippen LogP contribution >= 0.6 is 34.8 Å². The lowest BCUT2D eigenvalue weighted by Crippen LogP contribution is -2.00.